The molecule has 1 aliphatic rings. The monoisotopic (exact) mass is 298 g/mol. The summed E-state index contributed by atoms with van der Waals surface area (Å²) in [6.07, 6.45) is 1.90. The summed E-state index contributed by atoms with van der Waals surface area (Å²) >= 11 is 0. The minimum atomic E-state index is 0.206. The number of benzene rings is 1. The number of piperazine rings is 1. The zero-order valence-corrected chi connectivity index (χ0v) is 13.0. The number of fused-ring (bicyclic) bond motifs is 1. The van der Waals surface area contributed by atoms with Crippen LogP contribution in [0.5, 0.6) is 0 Å². The molecule has 1 aliphatic heterocycles. The molecule has 1 saturated heterocycles. The number of carbonyl (C=O) groups excluding carboxylic acids is 1. The van der Waals surface area contributed by atoms with Gasteiger partial charge < -0.3 is 10.2 Å². The highest BCUT2D eigenvalue weighted by atomic mass is 16.2. The van der Waals surface area contributed by atoms with Crippen LogP contribution in [0.15, 0.2) is 36.5 Å². The number of pyridine rings is 1. The van der Waals surface area contributed by atoms with Gasteiger partial charge in [-0.2, -0.15) is 0 Å². The average Bonchev–Trinajstić information content (AvgIpc) is 2.55. The molecule has 0 aliphatic carbocycles. The van der Waals surface area contributed by atoms with E-state index in [4.69, 9.17) is 0 Å². The van der Waals surface area contributed by atoms with Gasteiger partial charge in [0.05, 0.1) is 12.1 Å². The molecule has 2 aromatic rings. The fourth-order valence-electron chi connectivity index (χ4n) is 2.82. The Hall–Kier alpha value is -1.98. The lowest BCUT2D eigenvalue weighted by molar-refractivity contribution is -0.132. The second kappa shape index (κ2) is 6.85. The average molecular weight is 298 g/mol. The van der Waals surface area contributed by atoms with Crippen LogP contribution in [0.1, 0.15) is 5.56 Å². The molecule has 22 heavy (non-hydrogen) atoms. The van der Waals surface area contributed by atoms with Crippen molar-refractivity contribution in [2.24, 2.45) is 0 Å². The van der Waals surface area contributed by atoms with Crippen LogP contribution in [0.3, 0.4) is 0 Å². The molecule has 0 saturated carbocycles. The number of hydrogen-bond acceptors (Lipinski definition) is 4. The van der Waals surface area contributed by atoms with E-state index >= 15 is 0 Å². The summed E-state index contributed by atoms with van der Waals surface area (Å²) in [7, 11) is 1.98. The van der Waals surface area contributed by atoms with Gasteiger partial charge in [-0.3, -0.25) is 14.7 Å². The zero-order chi connectivity index (χ0) is 15.4. The van der Waals surface area contributed by atoms with Crippen molar-refractivity contribution in [2.45, 2.75) is 6.54 Å². The molecule has 1 aromatic carbocycles. The zero-order valence-electron chi connectivity index (χ0n) is 13.0. The van der Waals surface area contributed by atoms with Crippen LogP contribution in [0.25, 0.3) is 10.9 Å². The van der Waals surface area contributed by atoms with Crippen LogP contribution in [-0.2, 0) is 11.3 Å². The van der Waals surface area contributed by atoms with E-state index in [9.17, 15) is 4.79 Å². The molecule has 0 spiro atoms. The summed E-state index contributed by atoms with van der Waals surface area (Å²) in [6.45, 7) is 4.59. The van der Waals surface area contributed by atoms with E-state index in [0.717, 1.165) is 49.2 Å². The topological polar surface area (TPSA) is 48.5 Å². The molecule has 0 unspecified atom stereocenters. The second-order valence-electron chi connectivity index (χ2n) is 5.84. The Bertz CT molecular complexity index is 652. The van der Waals surface area contributed by atoms with Gasteiger partial charge in [-0.1, -0.05) is 18.2 Å². The predicted molar refractivity (Wildman–Crippen MR) is 87.5 cm³/mol. The Morgan fingerprint density at radius 1 is 1.32 bits per heavy atom. The molecule has 1 N–H and O–H groups in total. The predicted octanol–water partition coefficient (Wildman–Crippen LogP) is 1.10. The van der Waals surface area contributed by atoms with Gasteiger partial charge in [0.2, 0.25) is 5.91 Å². The first-order valence-corrected chi connectivity index (χ1v) is 7.73. The van der Waals surface area contributed by atoms with Gasteiger partial charge in [0.1, 0.15) is 0 Å². The molecular formula is C17H22N4O. The van der Waals surface area contributed by atoms with Crippen molar-refractivity contribution >= 4 is 16.8 Å². The normalized spacial score (nSPS) is 15.5. The molecule has 0 radical (unpaired) electrons. The Morgan fingerprint density at radius 3 is 2.91 bits per heavy atom. The number of amides is 1. The standard InChI is InChI=1S/C17H22N4O/c1-20(13-17(22)21-8-6-18-7-9-21)12-14-10-15-4-2-3-5-16(15)19-11-14/h2-5,10-11,18H,6-9,12-13H2,1H3. The van der Waals surface area contributed by atoms with Crippen molar-refractivity contribution in [3.05, 3.63) is 42.1 Å². The van der Waals surface area contributed by atoms with Crippen LogP contribution >= 0.6 is 0 Å². The molecule has 1 amide bonds. The lowest BCUT2D eigenvalue weighted by Crippen LogP contribution is -2.49. The minimum absolute atomic E-state index is 0.206. The highest BCUT2D eigenvalue weighted by Crippen LogP contribution is 2.13. The van der Waals surface area contributed by atoms with Crippen LogP contribution in [0.4, 0.5) is 0 Å². The molecule has 2 heterocycles. The van der Waals surface area contributed by atoms with Crippen molar-refractivity contribution in [1.82, 2.24) is 20.1 Å². The third kappa shape index (κ3) is 3.61. The summed E-state index contributed by atoms with van der Waals surface area (Å²) in [6, 6.07) is 10.2. The summed E-state index contributed by atoms with van der Waals surface area (Å²) in [5, 5.41) is 4.40. The first kappa shape index (κ1) is 14.9. The van der Waals surface area contributed by atoms with Gasteiger partial charge in [0.15, 0.2) is 0 Å². The number of rotatable bonds is 4. The van der Waals surface area contributed by atoms with E-state index in [1.807, 2.05) is 36.3 Å². The molecular weight excluding hydrogens is 276 g/mol. The quantitative estimate of drug-likeness (QED) is 0.918. The van der Waals surface area contributed by atoms with Gasteiger partial charge in [-0.05, 0) is 24.7 Å². The summed E-state index contributed by atoms with van der Waals surface area (Å²) < 4.78 is 0. The smallest absolute Gasteiger partial charge is 0.236 e. The molecule has 5 heteroatoms. The van der Waals surface area contributed by atoms with Gasteiger partial charge >= 0.3 is 0 Å². The Morgan fingerprint density at radius 2 is 2.09 bits per heavy atom. The van der Waals surface area contributed by atoms with Crippen LogP contribution in [0.2, 0.25) is 0 Å². The van der Waals surface area contributed by atoms with Gasteiger partial charge in [0.25, 0.3) is 0 Å². The SMILES string of the molecule is CN(CC(=O)N1CCNCC1)Cc1cnc2ccccc2c1. The largest absolute Gasteiger partial charge is 0.339 e. The maximum absolute atomic E-state index is 12.3. The number of nitrogens with zero attached hydrogens (tertiary/aromatic N) is 3. The van der Waals surface area contributed by atoms with E-state index in [1.54, 1.807) is 0 Å². The van der Waals surface area contributed by atoms with Gasteiger partial charge in [-0.25, -0.2) is 0 Å². The summed E-state index contributed by atoms with van der Waals surface area (Å²) in [4.78, 5) is 20.7. The first-order valence-electron chi connectivity index (χ1n) is 7.73. The Kier molecular flexibility index (Phi) is 4.65. The van der Waals surface area contributed by atoms with Crippen LogP contribution in [-0.4, -0.2) is 60.5 Å². The number of para-hydroxylation sites is 1. The summed E-state index contributed by atoms with van der Waals surface area (Å²) in [5.74, 6) is 0.206. The number of aromatic nitrogens is 1. The maximum atomic E-state index is 12.3. The molecule has 3 rings (SSSR count). The number of carbonyl (C=O) groups is 1. The van der Waals surface area contributed by atoms with Crippen molar-refractivity contribution < 1.29 is 4.79 Å². The van der Waals surface area contributed by atoms with Crippen molar-refractivity contribution in [3.63, 3.8) is 0 Å². The number of hydrogen-bond donors (Lipinski definition) is 1. The highest BCUT2D eigenvalue weighted by Gasteiger charge is 2.17. The lowest BCUT2D eigenvalue weighted by atomic mass is 10.1. The van der Waals surface area contributed by atoms with E-state index in [0.29, 0.717) is 6.54 Å². The second-order valence-corrected chi connectivity index (χ2v) is 5.84. The van der Waals surface area contributed by atoms with E-state index in [-0.39, 0.29) is 5.91 Å². The molecule has 1 aromatic heterocycles. The van der Waals surface area contributed by atoms with Crippen LogP contribution in [0, 0.1) is 0 Å². The van der Waals surface area contributed by atoms with Crippen molar-refractivity contribution in [3.8, 4) is 0 Å². The van der Waals surface area contributed by atoms with E-state index < -0.39 is 0 Å². The van der Waals surface area contributed by atoms with Crippen molar-refractivity contribution in [1.29, 1.82) is 0 Å². The van der Waals surface area contributed by atoms with E-state index in [1.165, 1.54) is 0 Å². The first-order chi connectivity index (χ1) is 10.7. The fourth-order valence-corrected chi connectivity index (χ4v) is 2.82. The van der Waals surface area contributed by atoms with E-state index in [2.05, 4.69) is 27.3 Å². The molecule has 5 nitrogen and oxygen atoms in total. The molecule has 0 atom stereocenters. The minimum Gasteiger partial charge on any atom is -0.339 e. The fraction of sp³-hybridized carbons (Fsp3) is 0.412. The molecule has 1 fully saturated rings. The number of likely N-dealkylation sites (N-methyl/N-ethyl adjacent to an activating group) is 1. The Labute approximate surface area is 130 Å². The maximum Gasteiger partial charge on any atom is 0.236 e. The third-order valence-corrected chi connectivity index (χ3v) is 3.97. The molecule has 0 bridgehead atoms. The number of nitrogens with one attached hydrogen (secondary N) is 1. The van der Waals surface area contributed by atoms with Crippen LogP contribution < -0.4 is 5.32 Å². The lowest BCUT2D eigenvalue weighted by Gasteiger charge is -2.29. The summed E-state index contributed by atoms with van der Waals surface area (Å²) in [5.41, 5.74) is 2.14. The third-order valence-electron chi connectivity index (χ3n) is 3.97. The van der Waals surface area contributed by atoms with Gasteiger partial charge in [0, 0.05) is 44.3 Å². The highest BCUT2D eigenvalue weighted by molar-refractivity contribution is 5.79. The molecule has 116 valence electrons. The van der Waals surface area contributed by atoms with Crippen molar-refractivity contribution in [2.75, 3.05) is 39.8 Å². The van der Waals surface area contributed by atoms with Gasteiger partial charge in [-0.15, -0.1) is 0 Å². The Balaban J connectivity index is 1.60.